The van der Waals surface area contributed by atoms with Crippen LogP contribution < -0.4 is 14.2 Å². The number of benzene rings is 1. The van der Waals surface area contributed by atoms with E-state index in [4.69, 9.17) is 9.47 Å². The first kappa shape index (κ1) is 18.9. The first-order valence-electron chi connectivity index (χ1n) is 6.94. The second kappa shape index (κ2) is 8.13. The Balaban J connectivity index is 2.19. The number of carbonyl (C=O) groups excluding carboxylic acids is 1. The molecule has 7 nitrogen and oxygen atoms in total. The number of aromatic nitrogens is 1. The number of halogens is 1. The molecule has 0 saturated heterocycles. The topological polar surface area (TPSA) is 94.6 Å². The van der Waals surface area contributed by atoms with E-state index in [-0.39, 0.29) is 4.90 Å². The van der Waals surface area contributed by atoms with Crippen LogP contribution in [0.4, 0.5) is 0 Å². The molecule has 0 spiro atoms. The number of para-hydroxylation sites is 1. The summed E-state index contributed by atoms with van der Waals surface area (Å²) in [6.07, 6.45) is 5.12. The maximum absolute atomic E-state index is 12.2. The molecule has 9 heteroatoms. The predicted molar refractivity (Wildman–Crippen MR) is 95.8 cm³/mol. The highest BCUT2D eigenvalue weighted by atomic mass is 79.9. The molecule has 0 aliphatic carbocycles. The monoisotopic (exact) mass is 426 g/mol. The van der Waals surface area contributed by atoms with Gasteiger partial charge in [0, 0.05) is 28.5 Å². The Morgan fingerprint density at radius 2 is 2.00 bits per heavy atom. The average Bonchev–Trinajstić information content (AvgIpc) is 2.59. The summed E-state index contributed by atoms with van der Waals surface area (Å²) in [6, 6.07) is 6.49. The minimum atomic E-state index is -4.01. The van der Waals surface area contributed by atoms with Crippen LogP contribution in [0.1, 0.15) is 5.56 Å². The van der Waals surface area contributed by atoms with Crippen LogP contribution in [0.3, 0.4) is 0 Å². The second-order valence-corrected chi connectivity index (χ2v) is 7.32. The average molecular weight is 427 g/mol. The third kappa shape index (κ3) is 4.80. The zero-order valence-electron chi connectivity index (χ0n) is 13.4. The van der Waals surface area contributed by atoms with E-state index in [1.54, 1.807) is 18.2 Å². The number of nitrogens with zero attached hydrogens (tertiary/aromatic N) is 1. The minimum Gasteiger partial charge on any atom is -0.493 e. The Hall–Kier alpha value is -2.39. The van der Waals surface area contributed by atoms with E-state index >= 15 is 0 Å². The Morgan fingerprint density at radius 1 is 1.24 bits per heavy atom. The quantitative estimate of drug-likeness (QED) is 0.712. The van der Waals surface area contributed by atoms with Gasteiger partial charge in [0.1, 0.15) is 4.90 Å². The molecular formula is C16H15BrN2O5S. The standard InChI is InChI=1S/C16H15BrN2O5S/c1-23-14-5-3-4-11(16(14)24-2)6-7-15(20)19-25(21,22)13-8-12(17)9-18-10-13/h3-10H,1-2H3,(H,19,20)/b7-6-. The fourth-order valence-electron chi connectivity index (χ4n) is 1.97. The summed E-state index contributed by atoms with van der Waals surface area (Å²) in [6.45, 7) is 0. The van der Waals surface area contributed by atoms with Gasteiger partial charge in [-0.2, -0.15) is 0 Å². The number of carbonyl (C=O) groups is 1. The molecule has 0 saturated carbocycles. The summed E-state index contributed by atoms with van der Waals surface area (Å²) in [5.74, 6) is 0.135. The SMILES string of the molecule is COc1cccc(/C=C\C(=O)NS(=O)(=O)c2cncc(Br)c2)c1OC. The number of amides is 1. The van der Waals surface area contributed by atoms with Crippen LogP contribution in [0.15, 0.2) is 52.1 Å². The summed E-state index contributed by atoms with van der Waals surface area (Å²) in [5, 5.41) is 0. The van der Waals surface area contributed by atoms with E-state index in [1.165, 1.54) is 32.6 Å². The summed E-state index contributed by atoms with van der Waals surface area (Å²) in [5.41, 5.74) is 0.568. The lowest BCUT2D eigenvalue weighted by Gasteiger charge is -2.09. The molecule has 2 aromatic rings. The van der Waals surface area contributed by atoms with Crippen LogP contribution in [0, 0.1) is 0 Å². The largest absolute Gasteiger partial charge is 0.493 e. The Morgan fingerprint density at radius 3 is 2.64 bits per heavy atom. The third-order valence-electron chi connectivity index (χ3n) is 3.07. The Bertz CT molecular complexity index is 912. The van der Waals surface area contributed by atoms with Gasteiger partial charge in [-0.25, -0.2) is 13.1 Å². The number of sulfonamides is 1. The molecule has 1 aromatic heterocycles. The Kier molecular flexibility index (Phi) is 6.16. The molecule has 0 radical (unpaired) electrons. The van der Waals surface area contributed by atoms with Crippen molar-refractivity contribution in [1.82, 2.24) is 9.71 Å². The minimum absolute atomic E-state index is 0.123. The second-order valence-electron chi connectivity index (χ2n) is 4.72. The van der Waals surface area contributed by atoms with Crippen molar-refractivity contribution in [1.29, 1.82) is 0 Å². The molecule has 0 bridgehead atoms. The van der Waals surface area contributed by atoms with Crippen molar-refractivity contribution in [2.75, 3.05) is 14.2 Å². The maximum atomic E-state index is 12.2. The summed E-state index contributed by atoms with van der Waals surface area (Å²) in [7, 11) is -1.05. The van der Waals surface area contributed by atoms with Crippen LogP contribution >= 0.6 is 15.9 Å². The number of hydrogen-bond acceptors (Lipinski definition) is 6. The molecule has 25 heavy (non-hydrogen) atoms. The lowest BCUT2D eigenvalue weighted by molar-refractivity contribution is -0.114. The van der Waals surface area contributed by atoms with Crippen molar-refractivity contribution in [3.63, 3.8) is 0 Å². The van der Waals surface area contributed by atoms with Gasteiger partial charge in [-0.15, -0.1) is 0 Å². The molecule has 0 aliphatic heterocycles. The fraction of sp³-hybridized carbons (Fsp3) is 0.125. The van der Waals surface area contributed by atoms with Gasteiger partial charge in [0.15, 0.2) is 11.5 Å². The molecule has 1 N–H and O–H groups in total. The van der Waals surface area contributed by atoms with Gasteiger partial charge in [0.05, 0.1) is 14.2 Å². The predicted octanol–water partition coefficient (Wildman–Crippen LogP) is 2.38. The van der Waals surface area contributed by atoms with Gasteiger partial charge in [-0.1, -0.05) is 12.1 Å². The molecular weight excluding hydrogens is 412 g/mol. The maximum Gasteiger partial charge on any atom is 0.265 e. The lowest BCUT2D eigenvalue weighted by Crippen LogP contribution is -2.29. The van der Waals surface area contributed by atoms with Crippen molar-refractivity contribution in [2.24, 2.45) is 0 Å². The number of hydrogen-bond donors (Lipinski definition) is 1. The summed E-state index contributed by atoms with van der Waals surface area (Å²) < 4.78 is 37.2. The molecule has 0 aliphatic rings. The van der Waals surface area contributed by atoms with E-state index in [1.807, 2.05) is 4.72 Å². The van der Waals surface area contributed by atoms with Crippen LogP contribution in [0.2, 0.25) is 0 Å². The highest BCUT2D eigenvalue weighted by molar-refractivity contribution is 9.10. The van der Waals surface area contributed by atoms with E-state index in [2.05, 4.69) is 20.9 Å². The molecule has 2 rings (SSSR count). The smallest absolute Gasteiger partial charge is 0.265 e. The molecule has 0 atom stereocenters. The van der Waals surface area contributed by atoms with E-state index in [9.17, 15) is 13.2 Å². The van der Waals surface area contributed by atoms with Crippen LogP contribution in [-0.4, -0.2) is 33.5 Å². The zero-order valence-corrected chi connectivity index (χ0v) is 15.8. The van der Waals surface area contributed by atoms with Crippen LogP contribution in [-0.2, 0) is 14.8 Å². The van der Waals surface area contributed by atoms with Gasteiger partial charge >= 0.3 is 0 Å². The first-order chi connectivity index (χ1) is 11.9. The molecule has 0 fully saturated rings. The van der Waals surface area contributed by atoms with Crippen molar-refractivity contribution >= 4 is 37.9 Å². The number of pyridine rings is 1. The van der Waals surface area contributed by atoms with Crippen LogP contribution in [0.25, 0.3) is 6.08 Å². The summed E-state index contributed by atoms with van der Waals surface area (Å²) in [4.78, 5) is 15.6. The van der Waals surface area contributed by atoms with E-state index in [0.29, 0.717) is 21.5 Å². The normalized spacial score (nSPS) is 11.3. The van der Waals surface area contributed by atoms with Crippen molar-refractivity contribution in [2.45, 2.75) is 4.90 Å². The van der Waals surface area contributed by atoms with Gasteiger partial charge in [-0.3, -0.25) is 9.78 Å². The fourth-order valence-corrected chi connectivity index (χ4v) is 3.42. The molecule has 1 heterocycles. The number of ether oxygens (including phenoxy) is 2. The lowest BCUT2D eigenvalue weighted by atomic mass is 10.1. The van der Waals surface area contributed by atoms with Crippen molar-refractivity contribution in [3.8, 4) is 11.5 Å². The van der Waals surface area contributed by atoms with Crippen LogP contribution in [0.5, 0.6) is 11.5 Å². The molecule has 0 unspecified atom stereocenters. The zero-order chi connectivity index (χ0) is 18.4. The third-order valence-corrected chi connectivity index (χ3v) is 4.82. The number of rotatable bonds is 6. The molecule has 1 aromatic carbocycles. The van der Waals surface area contributed by atoms with E-state index < -0.39 is 15.9 Å². The van der Waals surface area contributed by atoms with Gasteiger partial charge in [0.2, 0.25) is 0 Å². The molecule has 1 amide bonds. The van der Waals surface area contributed by atoms with Gasteiger partial charge in [0.25, 0.3) is 15.9 Å². The number of nitrogens with one attached hydrogen (secondary N) is 1. The highest BCUT2D eigenvalue weighted by Gasteiger charge is 2.17. The first-order valence-corrected chi connectivity index (χ1v) is 9.21. The van der Waals surface area contributed by atoms with Gasteiger partial charge < -0.3 is 9.47 Å². The van der Waals surface area contributed by atoms with E-state index in [0.717, 1.165) is 12.3 Å². The molecule has 132 valence electrons. The van der Waals surface area contributed by atoms with Crippen molar-refractivity contribution < 1.29 is 22.7 Å². The highest BCUT2D eigenvalue weighted by Crippen LogP contribution is 2.31. The van der Waals surface area contributed by atoms with Gasteiger partial charge in [-0.05, 0) is 34.1 Å². The number of methoxy groups -OCH3 is 2. The Labute approximate surface area is 153 Å². The summed E-state index contributed by atoms with van der Waals surface area (Å²) >= 11 is 3.13. The van der Waals surface area contributed by atoms with Crippen molar-refractivity contribution in [3.05, 3.63) is 52.8 Å².